The van der Waals surface area contributed by atoms with Gasteiger partial charge in [-0.15, -0.1) is 10.2 Å². The molecule has 1 amide bonds. The number of ether oxygens (including phenoxy) is 1. The van der Waals surface area contributed by atoms with E-state index in [9.17, 15) is 4.79 Å². The lowest BCUT2D eigenvalue weighted by atomic mass is 10.2. The van der Waals surface area contributed by atoms with Crippen LogP contribution in [0.25, 0.3) is 5.65 Å². The molecule has 0 bridgehead atoms. The second-order valence-electron chi connectivity index (χ2n) is 5.38. The Morgan fingerprint density at radius 2 is 2.13 bits per heavy atom. The topological polar surface area (TPSA) is 68.5 Å². The van der Waals surface area contributed by atoms with E-state index >= 15 is 0 Å². The Morgan fingerprint density at radius 1 is 1.26 bits per heavy atom. The molecule has 0 fully saturated rings. The van der Waals surface area contributed by atoms with Gasteiger partial charge in [0, 0.05) is 6.20 Å². The Hall–Kier alpha value is -2.89. The van der Waals surface area contributed by atoms with Crippen LogP contribution in [0.3, 0.4) is 0 Å². The van der Waals surface area contributed by atoms with E-state index in [1.165, 1.54) is 0 Å². The van der Waals surface area contributed by atoms with Gasteiger partial charge in [-0.25, -0.2) is 0 Å². The minimum absolute atomic E-state index is 0.0372. The summed E-state index contributed by atoms with van der Waals surface area (Å²) in [6.07, 6.45) is 1.87. The third-order valence-corrected chi connectivity index (χ3v) is 3.46. The van der Waals surface area contributed by atoms with Gasteiger partial charge >= 0.3 is 0 Å². The van der Waals surface area contributed by atoms with Crippen LogP contribution in [-0.2, 0) is 4.79 Å². The highest BCUT2D eigenvalue weighted by Crippen LogP contribution is 2.13. The van der Waals surface area contributed by atoms with Gasteiger partial charge in [0.25, 0.3) is 5.91 Å². The molecule has 118 valence electrons. The molecule has 1 aromatic carbocycles. The van der Waals surface area contributed by atoms with E-state index in [2.05, 4.69) is 15.5 Å². The maximum atomic E-state index is 12.0. The maximum absolute atomic E-state index is 12.0. The predicted octanol–water partition coefficient (Wildman–Crippen LogP) is 2.29. The van der Waals surface area contributed by atoms with Crippen molar-refractivity contribution in [2.24, 2.45) is 0 Å². The molecule has 0 radical (unpaired) electrons. The van der Waals surface area contributed by atoms with Crippen LogP contribution in [0.1, 0.15) is 24.4 Å². The van der Waals surface area contributed by atoms with Crippen LogP contribution in [0.5, 0.6) is 5.75 Å². The highest BCUT2D eigenvalue weighted by molar-refractivity contribution is 5.77. The van der Waals surface area contributed by atoms with Crippen LogP contribution in [-0.4, -0.2) is 27.1 Å². The number of rotatable bonds is 5. The van der Waals surface area contributed by atoms with E-state index in [-0.39, 0.29) is 18.6 Å². The van der Waals surface area contributed by atoms with Crippen molar-refractivity contribution in [2.75, 3.05) is 6.61 Å². The number of aryl methyl sites for hydroxylation is 1. The Kier molecular flexibility index (Phi) is 4.23. The summed E-state index contributed by atoms with van der Waals surface area (Å²) in [5, 5.41) is 11.1. The third kappa shape index (κ3) is 3.48. The minimum Gasteiger partial charge on any atom is -0.484 e. The number of fused-ring (bicyclic) bond motifs is 1. The van der Waals surface area contributed by atoms with Gasteiger partial charge in [0.2, 0.25) is 0 Å². The van der Waals surface area contributed by atoms with E-state index in [1.54, 1.807) is 0 Å². The molecular weight excluding hydrogens is 292 g/mol. The zero-order valence-corrected chi connectivity index (χ0v) is 13.1. The fourth-order valence-corrected chi connectivity index (χ4v) is 2.36. The molecule has 0 aliphatic heterocycles. The standard InChI is InChI=1S/C17H18N4O2/c1-12-6-5-7-14(10-12)23-11-16(22)18-13(2)17-20-19-15-8-3-4-9-21(15)17/h3-10,13H,11H2,1-2H3,(H,18,22). The number of hydrogen-bond donors (Lipinski definition) is 1. The number of nitrogens with one attached hydrogen (secondary N) is 1. The normalized spacial score (nSPS) is 12.1. The third-order valence-electron chi connectivity index (χ3n) is 3.46. The van der Waals surface area contributed by atoms with Gasteiger partial charge in [0.1, 0.15) is 5.75 Å². The quantitative estimate of drug-likeness (QED) is 0.785. The van der Waals surface area contributed by atoms with Gasteiger partial charge in [-0.1, -0.05) is 18.2 Å². The number of benzene rings is 1. The van der Waals surface area contributed by atoms with Crippen LogP contribution in [0.4, 0.5) is 0 Å². The number of hydrogen-bond acceptors (Lipinski definition) is 4. The lowest BCUT2D eigenvalue weighted by Gasteiger charge is -2.13. The summed E-state index contributed by atoms with van der Waals surface area (Å²) in [6, 6.07) is 13.0. The van der Waals surface area contributed by atoms with E-state index in [4.69, 9.17) is 4.74 Å². The van der Waals surface area contributed by atoms with E-state index in [0.717, 1.165) is 11.2 Å². The molecule has 0 saturated carbocycles. The van der Waals surface area contributed by atoms with Crippen molar-refractivity contribution in [3.8, 4) is 5.75 Å². The van der Waals surface area contributed by atoms with E-state index in [0.29, 0.717) is 11.6 Å². The Labute approximate surface area is 134 Å². The number of carbonyl (C=O) groups excluding carboxylic acids is 1. The Bertz CT molecular complexity index is 828. The first kappa shape index (κ1) is 15.0. The van der Waals surface area contributed by atoms with Gasteiger partial charge in [-0.3, -0.25) is 9.20 Å². The zero-order valence-electron chi connectivity index (χ0n) is 13.1. The smallest absolute Gasteiger partial charge is 0.258 e. The van der Waals surface area contributed by atoms with Crippen LogP contribution in [0.2, 0.25) is 0 Å². The summed E-state index contributed by atoms with van der Waals surface area (Å²) in [5.41, 5.74) is 1.84. The van der Waals surface area contributed by atoms with Crippen LogP contribution in [0.15, 0.2) is 48.7 Å². The van der Waals surface area contributed by atoms with Crippen LogP contribution in [0, 0.1) is 6.92 Å². The van der Waals surface area contributed by atoms with Gasteiger partial charge in [0.05, 0.1) is 6.04 Å². The van der Waals surface area contributed by atoms with Crippen LogP contribution < -0.4 is 10.1 Å². The molecule has 1 unspecified atom stereocenters. The number of aromatic nitrogens is 3. The molecule has 6 nitrogen and oxygen atoms in total. The molecule has 1 N–H and O–H groups in total. The van der Waals surface area contributed by atoms with E-state index in [1.807, 2.05) is 66.9 Å². The molecule has 0 spiro atoms. The fraction of sp³-hybridized carbons (Fsp3) is 0.235. The van der Waals surface area contributed by atoms with Gasteiger partial charge < -0.3 is 10.1 Å². The van der Waals surface area contributed by atoms with Crippen molar-refractivity contribution in [1.29, 1.82) is 0 Å². The average Bonchev–Trinajstić information content (AvgIpc) is 2.97. The van der Waals surface area contributed by atoms with Gasteiger partial charge in [-0.05, 0) is 43.7 Å². The van der Waals surface area contributed by atoms with Crippen molar-refractivity contribution in [2.45, 2.75) is 19.9 Å². The monoisotopic (exact) mass is 310 g/mol. The van der Waals surface area contributed by atoms with E-state index < -0.39 is 0 Å². The molecule has 2 aromatic heterocycles. The summed E-state index contributed by atoms with van der Waals surface area (Å²) in [7, 11) is 0. The average molecular weight is 310 g/mol. The molecular formula is C17H18N4O2. The first-order valence-electron chi connectivity index (χ1n) is 7.42. The molecule has 0 saturated heterocycles. The summed E-state index contributed by atoms with van der Waals surface area (Å²) < 4.78 is 7.35. The number of carbonyl (C=O) groups is 1. The molecule has 23 heavy (non-hydrogen) atoms. The first-order valence-corrected chi connectivity index (χ1v) is 7.42. The highest BCUT2D eigenvalue weighted by Gasteiger charge is 2.15. The van der Waals surface area contributed by atoms with Crippen molar-refractivity contribution in [3.05, 3.63) is 60.0 Å². The molecule has 2 heterocycles. The first-order chi connectivity index (χ1) is 11.1. The Balaban J connectivity index is 1.61. The maximum Gasteiger partial charge on any atom is 0.258 e. The SMILES string of the molecule is Cc1cccc(OCC(=O)NC(C)c2nnc3ccccn23)c1. The van der Waals surface area contributed by atoms with Crippen molar-refractivity contribution in [3.63, 3.8) is 0 Å². The molecule has 1 atom stereocenters. The number of nitrogens with zero attached hydrogens (tertiary/aromatic N) is 3. The molecule has 6 heteroatoms. The summed E-state index contributed by atoms with van der Waals surface area (Å²) in [5.74, 6) is 1.16. The number of pyridine rings is 1. The molecule has 3 rings (SSSR count). The summed E-state index contributed by atoms with van der Waals surface area (Å²) in [4.78, 5) is 12.0. The fourth-order valence-electron chi connectivity index (χ4n) is 2.36. The van der Waals surface area contributed by atoms with Crippen LogP contribution >= 0.6 is 0 Å². The largest absolute Gasteiger partial charge is 0.484 e. The van der Waals surface area contributed by atoms with Gasteiger partial charge in [-0.2, -0.15) is 0 Å². The summed E-state index contributed by atoms with van der Waals surface area (Å²) >= 11 is 0. The second kappa shape index (κ2) is 6.48. The minimum atomic E-state index is -0.263. The molecule has 0 aliphatic rings. The van der Waals surface area contributed by atoms with Gasteiger partial charge in [0.15, 0.2) is 18.1 Å². The molecule has 0 aliphatic carbocycles. The second-order valence-corrected chi connectivity index (χ2v) is 5.38. The lowest BCUT2D eigenvalue weighted by Crippen LogP contribution is -2.32. The number of amides is 1. The highest BCUT2D eigenvalue weighted by atomic mass is 16.5. The molecule has 3 aromatic rings. The zero-order chi connectivity index (χ0) is 16.2. The van der Waals surface area contributed by atoms with Crippen molar-refractivity contribution in [1.82, 2.24) is 19.9 Å². The Morgan fingerprint density at radius 3 is 2.96 bits per heavy atom. The van der Waals surface area contributed by atoms with Crippen molar-refractivity contribution < 1.29 is 9.53 Å². The van der Waals surface area contributed by atoms with Crippen molar-refractivity contribution >= 4 is 11.6 Å². The predicted molar refractivity (Wildman–Crippen MR) is 86.2 cm³/mol. The lowest BCUT2D eigenvalue weighted by molar-refractivity contribution is -0.123. The summed E-state index contributed by atoms with van der Waals surface area (Å²) in [6.45, 7) is 3.81.